The Kier molecular flexibility index (Phi) is 5.02. The summed E-state index contributed by atoms with van der Waals surface area (Å²) in [5.74, 6) is 0.265. The second-order valence-corrected chi connectivity index (χ2v) is 7.19. The smallest absolute Gasteiger partial charge is 0.234 e. The molecule has 5 nitrogen and oxygen atoms in total. The molecule has 1 aromatic carbocycles. The maximum Gasteiger partial charge on any atom is 0.234 e. The van der Waals surface area contributed by atoms with Crippen LogP contribution in [0.25, 0.3) is 5.69 Å². The fourth-order valence-corrected chi connectivity index (χ4v) is 4.07. The fourth-order valence-electron chi connectivity index (χ4n) is 3.22. The number of benzene rings is 1. The van der Waals surface area contributed by atoms with Crippen molar-refractivity contribution in [2.45, 2.75) is 30.8 Å². The van der Waals surface area contributed by atoms with Crippen LogP contribution in [0.2, 0.25) is 0 Å². The average Bonchev–Trinajstić information content (AvgIpc) is 3.06. The Labute approximate surface area is 156 Å². The number of nitrogens with zero attached hydrogens (tertiary/aromatic N) is 3. The zero-order chi connectivity index (χ0) is 17.8. The largest absolute Gasteiger partial charge is 0.324 e. The molecule has 0 saturated heterocycles. The second kappa shape index (κ2) is 7.74. The number of imidazole rings is 1. The molecule has 1 N–H and O–H groups in total. The third-order valence-electron chi connectivity index (χ3n) is 4.39. The topological polar surface area (TPSA) is 59.8 Å². The molecule has 4 rings (SSSR count). The van der Waals surface area contributed by atoms with Crippen molar-refractivity contribution in [3.63, 3.8) is 0 Å². The maximum atomic E-state index is 12.3. The predicted octanol–water partition coefficient (Wildman–Crippen LogP) is 3.88. The summed E-state index contributed by atoms with van der Waals surface area (Å²) in [5.41, 5.74) is 4.29. The number of nitrogens with one attached hydrogen (secondary N) is 1. The molecule has 132 valence electrons. The van der Waals surface area contributed by atoms with Crippen LogP contribution in [0.4, 0.5) is 5.69 Å². The highest BCUT2D eigenvalue weighted by Crippen LogP contribution is 2.30. The monoisotopic (exact) mass is 364 g/mol. The minimum Gasteiger partial charge on any atom is -0.324 e. The van der Waals surface area contributed by atoms with Crippen molar-refractivity contribution in [2.24, 2.45) is 0 Å². The minimum atomic E-state index is -0.0522. The van der Waals surface area contributed by atoms with Gasteiger partial charge in [0.05, 0.1) is 23.3 Å². The number of aryl methyl sites for hydroxylation is 1. The van der Waals surface area contributed by atoms with E-state index >= 15 is 0 Å². The lowest BCUT2D eigenvalue weighted by molar-refractivity contribution is -0.113. The number of hydrogen-bond acceptors (Lipinski definition) is 4. The Hall–Kier alpha value is -2.60. The molecule has 0 aliphatic heterocycles. The molecule has 1 amide bonds. The van der Waals surface area contributed by atoms with Gasteiger partial charge in [0.2, 0.25) is 5.91 Å². The Morgan fingerprint density at radius 1 is 1.12 bits per heavy atom. The van der Waals surface area contributed by atoms with E-state index < -0.39 is 0 Å². The van der Waals surface area contributed by atoms with Gasteiger partial charge in [-0.25, -0.2) is 4.98 Å². The molecule has 1 aliphatic rings. The number of aromatic nitrogens is 3. The van der Waals surface area contributed by atoms with Crippen molar-refractivity contribution < 1.29 is 4.79 Å². The lowest BCUT2D eigenvalue weighted by Crippen LogP contribution is -2.14. The van der Waals surface area contributed by atoms with Crippen molar-refractivity contribution in [3.05, 3.63) is 66.2 Å². The highest BCUT2D eigenvalue weighted by Gasteiger charge is 2.21. The third kappa shape index (κ3) is 3.65. The quantitative estimate of drug-likeness (QED) is 0.698. The van der Waals surface area contributed by atoms with Gasteiger partial charge < -0.3 is 5.32 Å². The lowest BCUT2D eigenvalue weighted by atomic mass is 10.0. The first-order valence-corrected chi connectivity index (χ1v) is 9.78. The van der Waals surface area contributed by atoms with Crippen molar-refractivity contribution in [2.75, 3.05) is 11.1 Å². The van der Waals surface area contributed by atoms with Crippen LogP contribution in [0, 0.1) is 0 Å². The summed E-state index contributed by atoms with van der Waals surface area (Å²) in [6.07, 6.45) is 7.77. The summed E-state index contributed by atoms with van der Waals surface area (Å²) in [4.78, 5) is 21.1. The van der Waals surface area contributed by atoms with E-state index in [0.717, 1.165) is 23.7 Å². The second-order valence-electron chi connectivity index (χ2n) is 6.24. The van der Waals surface area contributed by atoms with Gasteiger partial charge in [-0.2, -0.15) is 0 Å². The first-order valence-electron chi connectivity index (χ1n) is 8.80. The van der Waals surface area contributed by atoms with Crippen LogP contribution in [0.3, 0.4) is 0 Å². The summed E-state index contributed by atoms with van der Waals surface area (Å²) < 4.78 is 2.22. The summed E-state index contributed by atoms with van der Waals surface area (Å²) in [6.45, 7) is 0. The highest BCUT2D eigenvalue weighted by molar-refractivity contribution is 7.99. The predicted molar refractivity (Wildman–Crippen MR) is 104 cm³/mol. The molecule has 0 radical (unpaired) electrons. The number of pyridine rings is 1. The van der Waals surface area contributed by atoms with Crippen LogP contribution in [-0.2, 0) is 17.6 Å². The molecule has 0 bridgehead atoms. The van der Waals surface area contributed by atoms with E-state index in [1.165, 1.54) is 36.0 Å². The summed E-state index contributed by atoms with van der Waals surface area (Å²) >= 11 is 1.48. The first-order chi connectivity index (χ1) is 12.8. The summed E-state index contributed by atoms with van der Waals surface area (Å²) in [6, 6.07) is 13.9. The van der Waals surface area contributed by atoms with Crippen molar-refractivity contribution in [1.82, 2.24) is 14.5 Å². The molecule has 6 heteroatoms. The van der Waals surface area contributed by atoms with Crippen LogP contribution < -0.4 is 5.32 Å². The van der Waals surface area contributed by atoms with Crippen LogP contribution in [0.15, 0.2) is 60.0 Å². The molecule has 3 aromatic rings. The van der Waals surface area contributed by atoms with Crippen molar-refractivity contribution in [1.29, 1.82) is 0 Å². The number of anilines is 1. The average molecular weight is 364 g/mol. The van der Waals surface area contributed by atoms with Gasteiger partial charge in [-0.3, -0.25) is 14.3 Å². The standard InChI is InChI=1S/C20H20N4OS/c25-19(22-15-7-6-12-21-13-15)14-26-20-23-17-10-4-5-11-18(17)24(20)16-8-2-1-3-9-16/h1-3,6-9,12-13H,4-5,10-11,14H2,(H,22,25). The normalized spacial score (nSPS) is 13.2. The number of carbonyl (C=O) groups is 1. The van der Waals surface area contributed by atoms with Crippen LogP contribution in [0.1, 0.15) is 24.2 Å². The van der Waals surface area contributed by atoms with Gasteiger partial charge in [-0.1, -0.05) is 30.0 Å². The molecule has 0 saturated carbocycles. The van der Waals surface area contributed by atoms with Gasteiger partial charge in [-0.15, -0.1) is 0 Å². The molecule has 2 aromatic heterocycles. The number of fused-ring (bicyclic) bond motifs is 1. The number of carbonyl (C=O) groups excluding carboxylic acids is 1. The van der Waals surface area contributed by atoms with E-state index in [4.69, 9.17) is 4.98 Å². The Bertz CT molecular complexity index is 893. The Morgan fingerprint density at radius 3 is 2.77 bits per heavy atom. The Balaban J connectivity index is 1.54. The number of rotatable bonds is 5. The van der Waals surface area contributed by atoms with Gasteiger partial charge in [-0.05, 0) is 49.9 Å². The lowest BCUT2D eigenvalue weighted by Gasteiger charge is -2.15. The van der Waals surface area contributed by atoms with E-state index in [1.807, 2.05) is 24.3 Å². The van der Waals surface area contributed by atoms with Gasteiger partial charge >= 0.3 is 0 Å². The molecule has 2 heterocycles. The fraction of sp³-hybridized carbons (Fsp3) is 0.250. The van der Waals surface area contributed by atoms with Crippen LogP contribution in [-0.4, -0.2) is 26.2 Å². The molecule has 26 heavy (non-hydrogen) atoms. The van der Waals surface area contributed by atoms with Gasteiger partial charge in [0, 0.05) is 17.6 Å². The maximum absolute atomic E-state index is 12.3. The molecule has 0 atom stereocenters. The number of para-hydroxylation sites is 1. The van der Waals surface area contributed by atoms with Crippen molar-refractivity contribution in [3.8, 4) is 5.69 Å². The SMILES string of the molecule is O=C(CSc1nc2c(n1-c1ccccc1)CCCC2)Nc1cccnc1. The van der Waals surface area contributed by atoms with Gasteiger partial charge in [0.1, 0.15) is 0 Å². The number of thioether (sulfide) groups is 1. The van der Waals surface area contributed by atoms with Gasteiger partial charge in [0.25, 0.3) is 0 Å². The van der Waals surface area contributed by atoms with E-state index in [1.54, 1.807) is 18.5 Å². The molecular formula is C20H20N4OS. The zero-order valence-corrected chi connectivity index (χ0v) is 15.2. The summed E-state index contributed by atoms with van der Waals surface area (Å²) in [5, 5.41) is 3.77. The van der Waals surface area contributed by atoms with E-state index in [0.29, 0.717) is 11.4 Å². The highest BCUT2D eigenvalue weighted by atomic mass is 32.2. The van der Waals surface area contributed by atoms with Crippen LogP contribution >= 0.6 is 11.8 Å². The molecule has 0 spiro atoms. The van der Waals surface area contributed by atoms with Crippen molar-refractivity contribution >= 4 is 23.4 Å². The zero-order valence-electron chi connectivity index (χ0n) is 14.4. The van der Waals surface area contributed by atoms with E-state index in [9.17, 15) is 4.79 Å². The molecule has 0 unspecified atom stereocenters. The third-order valence-corrected chi connectivity index (χ3v) is 5.33. The number of hydrogen-bond donors (Lipinski definition) is 1. The first kappa shape index (κ1) is 16.8. The molecule has 0 fully saturated rings. The molecular weight excluding hydrogens is 344 g/mol. The minimum absolute atomic E-state index is 0.0522. The summed E-state index contributed by atoms with van der Waals surface area (Å²) in [7, 11) is 0. The van der Waals surface area contributed by atoms with E-state index in [-0.39, 0.29) is 5.91 Å². The molecule has 1 aliphatic carbocycles. The van der Waals surface area contributed by atoms with Crippen LogP contribution in [0.5, 0.6) is 0 Å². The van der Waals surface area contributed by atoms with E-state index in [2.05, 4.69) is 27.0 Å². The van der Waals surface area contributed by atoms with Gasteiger partial charge in [0.15, 0.2) is 5.16 Å². The number of amides is 1. The Morgan fingerprint density at radius 2 is 1.96 bits per heavy atom.